The van der Waals surface area contributed by atoms with Crippen molar-refractivity contribution in [3.05, 3.63) is 81.6 Å². The molecule has 262 valence electrons. The minimum Gasteiger partial charge on any atom is -0.475 e. The van der Waals surface area contributed by atoms with Gasteiger partial charge in [-0.15, -0.1) is 0 Å². The molecule has 0 aliphatic heterocycles. The molecule has 0 bridgehead atoms. The van der Waals surface area contributed by atoms with E-state index in [1.54, 1.807) is 18.2 Å². The van der Waals surface area contributed by atoms with E-state index in [0.717, 1.165) is 61.2 Å². The first kappa shape index (κ1) is 36.9. The number of nitrogens with one attached hydrogen (secondary N) is 2. The van der Waals surface area contributed by atoms with Crippen molar-refractivity contribution in [1.29, 1.82) is 0 Å². The number of hydrogen-bond acceptors (Lipinski definition) is 7. The Hall–Kier alpha value is -4.92. The number of carbonyl (C=O) groups is 2. The average molecular weight is 689 g/mol. The number of hydrogen-bond donors (Lipinski definition) is 3. The molecule has 3 N–H and O–H groups in total. The number of aromatic nitrogens is 3. The number of nitrogens with zero attached hydrogens (tertiary/aromatic N) is 4. The normalized spacial score (nSPS) is 12.8. The summed E-state index contributed by atoms with van der Waals surface area (Å²) in [7, 11) is 0. The fourth-order valence-electron chi connectivity index (χ4n) is 5.04. The van der Waals surface area contributed by atoms with Crippen LogP contribution in [0, 0.1) is 24.5 Å². The Balaban J connectivity index is 0.000000698. The summed E-state index contributed by atoms with van der Waals surface area (Å²) >= 11 is 0. The standard InChI is InChI=1S/C32H36F2N6O2.C2HF3O2/c1-4-39(5-2)17-7-16-35-32-37-28(24-18-22(13-10-20(24)3)31(42)36-19-21-11-12-21)23-14-15-27(41)40(30(23)38-32)29-25(33)8-6-9-26(29)34;3-2(4,5)1(6)7/h6,8-10,13-15,18,21H,4-5,7,11-12,16-17,19H2,1-3H3,(H,36,42)(H,35,37,38);(H,6,7). The fraction of sp³-hybridized carbons (Fsp3) is 0.382. The number of rotatable bonds is 12. The summed E-state index contributed by atoms with van der Waals surface area (Å²) in [4.78, 5) is 46.7. The number of carboxylic acid groups (broad SMARTS) is 1. The van der Waals surface area contributed by atoms with E-state index < -0.39 is 35.0 Å². The van der Waals surface area contributed by atoms with Gasteiger partial charge in [0.15, 0.2) is 5.65 Å². The summed E-state index contributed by atoms with van der Waals surface area (Å²) < 4.78 is 62.7. The summed E-state index contributed by atoms with van der Waals surface area (Å²) in [5.41, 5.74) is 1.36. The van der Waals surface area contributed by atoms with E-state index in [4.69, 9.17) is 14.9 Å². The van der Waals surface area contributed by atoms with E-state index in [1.165, 1.54) is 12.1 Å². The van der Waals surface area contributed by atoms with Crippen molar-refractivity contribution in [1.82, 2.24) is 24.8 Å². The molecule has 1 aliphatic rings. The van der Waals surface area contributed by atoms with Gasteiger partial charge < -0.3 is 20.6 Å². The summed E-state index contributed by atoms with van der Waals surface area (Å²) in [5.74, 6) is -3.95. The highest BCUT2D eigenvalue weighted by molar-refractivity contribution is 5.98. The van der Waals surface area contributed by atoms with Crippen molar-refractivity contribution in [2.24, 2.45) is 5.92 Å². The summed E-state index contributed by atoms with van der Waals surface area (Å²) in [6, 6.07) is 11.6. The van der Waals surface area contributed by atoms with E-state index in [-0.39, 0.29) is 17.5 Å². The molecule has 0 unspecified atom stereocenters. The van der Waals surface area contributed by atoms with Crippen LogP contribution >= 0.6 is 0 Å². The van der Waals surface area contributed by atoms with Crippen molar-refractivity contribution in [3.8, 4) is 16.9 Å². The third-order valence-corrected chi connectivity index (χ3v) is 7.99. The number of anilines is 1. The van der Waals surface area contributed by atoms with E-state index in [0.29, 0.717) is 41.2 Å². The number of amides is 1. The van der Waals surface area contributed by atoms with Crippen molar-refractivity contribution < 1.29 is 36.6 Å². The number of carbonyl (C=O) groups excluding carboxylic acids is 1. The summed E-state index contributed by atoms with van der Waals surface area (Å²) in [6.45, 7) is 10.1. The van der Waals surface area contributed by atoms with Crippen molar-refractivity contribution >= 4 is 28.9 Å². The predicted octanol–water partition coefficient (Wildman–Crippen LogP) is 5.95. The second kappa shape index (κ2) is 16.0. The zero-order valence-corrected chi connectivity index (χ0v) is 27.2. The Kier molecular flexibility index (Phi) is 12.0. The zero-order valence-electron chi connectivity index (χ0n) is 27.2. The van der Waals surface area contributed by atoms with E-state index in [1.807, 2.05) is 13.0 Å². The molecule has 4 aromatic rings. The molecule has 0 radical (unpaired) electrons. The SMILES string of the molecule is CCN(CC)CCCNc1nc(-c2cc(C(=O)NCC3CC3)ccc2C)c2ccc(=O)n(-c3c(F)cccc3F)c2n1.O=C(O)C(F)(F)F. The molecule has 49 heavy (non-hydrogen) atoms. The lowest BCUT2D eigenvalue weighted by Gasteiger charge is -2.18. The number of aryl methyl sites for hydroxylation is 1. The number of pyridine rings is 1. The predicted molar refractivity (Wildman–Crippen MR) is 175 cm³/mol. The van der Waals surface area contributed by atoms with Crippen LogP contribution in [0.15, 0.2) is 53.3 Å². The lowest BCUT2D eigenvalue weighted by Crippen LogP contribution is -2.26. The number of halogens is 5. The van der Waals surface area contributed by atoms with Crippen LogP contribution in [0.25, 0.3) is 28.0 Å². The lowest BCUT2D eigenvalue weighted by atomic mass is 9.99. The van der Waals surface area contributed by atoms with Gasteiger partial charge in [-0.3, -0.25) is 14.2 Å². The van der Waals surface area contributed by atoms with Gasteiger partial charge in [0, 0.05) is 35.7 Å². The molecular formula is C34H37F5N6O4. The summed E-state index contributed by atoms with van der Waals surface area (Å²) in [5, 5.41) is 13.8. The molecule has 1 amide bonds. The highest BCUT2D eigenvalue weighted by atomic mass is 19.4. The third-order valence-electron chi connectivity index (χ3n) is 7.99. The molecule has 1 saturated carbocycles. The molecule has 0 spiro atoms. The van der Waals surface area contributed by atoms with E-state index in [2.05, 4.69) is 34.4 Å². The fourth-order valence-corrected chi connectivity index (χ4v) is 5.04. The van der Waals surface area contributed by atoms with Gasteiger partial charge in [-0.2, -0.15) is 18.2 Å². The third kappa shape index (κ3) is 9.37. The summed E-state index contributed by atoms with van der Waals surface area (Å²) in [6.07, 6.45) is -2.01. The molecular weight excluding hydrogens is 651 g/mol. The van der Waals surface area contributed by atoms with Crippen LogP contribution in [0.3, 0.4) is 0 Å². The number of alkyl halides is 3. The molecule has 10 nitrogen and oxygen atoms in total. The van der Waals surface area contributed by atoms with Gasteiger partial charge in [0.2, 0.25) is 5.95 Å². The Morgan fingerprint density at radius 1 is 1.02 bits per heavy atom. The molecule has 0 atom stereocenters. The van der Waals surface area contributed by atoms with Crippen LogP contribution in [0.5, 0.6) is 0 Å². The van der Waals surface area contributed by atoms with Gasteiger partial charge in [0.05, 0.1) is 5.69 Å². The molecule has 2 aromatic heterocycles. The smallest absolute Gasteiger partial charge is 0.475 e. The monoisotopic (exact) mass is 688 g/mol. The van der Waals surface area contributed by atoms with Crippen molar-refractivity contribution in [3.63, 3.8) is 0 Å². The number of aliphatic carboxylic acids is 1. The second-order valence-corrected chi connectivity index (χ2v) is 11.5. The number of fused-ring (bicyclic) bond motifs is 1. The number of para-hydroxylation sites is 1. The van der Waals surface area contributed by atoms with Crippen molar-refractivity contribution in [2.75, 3.05) is 38.0 Å². The van der Waals surface area contributed by atoms with Gasteiger partial charge in [0.25, 0.3) is 11.5 Å². The Labute approximate surface area is 279 Å². The minimum atomic E-state index is -5.08. The van der Waals surface area contributed by atoms with E-state index in [9.17, 15) is 31.5 Å². The first-order valence-electron chi connectivity index (χ1n) is 15.8. The van der Waals surface area contributed by atoms with Gasteiger partial charge >= 0.3 is 12.1 Å². The molecule has 1 fully saturated rings. The first-order valence-corrected chi connectivity index (χ1v) is 15.8. The Morgan fingerprint density at radius 3 is 2.27 bits per heavy atom. The van der Waals surface area contributed by atoms with Gasteiger partial charge in [-0.1, -0.05) is 26.0 Å². The van der Waals surface area contributed by atoms with Gasteiger partial charge in [-0.05, 0) is 87.6 Å². The maximum atomic E-state index is 15.0. The highest BCUT2D eigenvalue weighted by Gasteiger charge is 2.38. The molecule has 5 rings (SSSR count). The Bertz CT molecular complexity index is 1850. The topological polar surface area (TPSA) is 129 Å². The first-order chi connectivity index (χ1) is 23.2. The zero-order chi connectivity index (χ0) is 35.9. The van der Waals surface area contributed by atoms with Crippen LogP contribution in [0.1, 0.15) is 49.0 Å². The average Bonchev–Trinajstić information content (AvgIpc) is 3.89. The quantitative estimate of drug-likeness (QED) is 0.123. The molecule has 2 heterocycles. The molecule has 15 heteroatoms. The van der Waals surface area contributed by atoms with Crippen molar-refractivity contribution in [2.45, 2.75) is 46.2 Å². The maximum absolute atomic E-state index is 15.0. The van der Waals surface area contributed by atoms with Crippen LogP contribution in [0.2, 0.25) is 0 Å². The van der Waals surface area contributed by atoms with Crippen LogP contribution in [-0.4, -0.2) is 75.3 Å². The van der Waals surface area contributed by atoms with Crippen LogP contribution in [-0.2, 0) is 4.79 Å². The number of carboxylic acids is 1. The lowest BCUT2D eigenvalue weighted by molar-refractivity contribution is -0.192. The number of benzene rings is 2. The largest absolute Gasteiger partial charge is 0.490 e. The van der Waals surface area contributed by atoms with Gasteiger partial charge in [-0.25, -0.2) is 18.6 Å². The second-order valence-electron chi connectivity index (χ2n) is 11.5. The Morgan fingerprint density at radius 2 is 1.67 bits per heavy atom. The van der Waals surface area contributed by atoms with Crippen LogP contribution < -0.4 is 16.2 Å². The molecule has 2 aromatic carbocycles. The van der Waals surface area contributed by atoms with Crippen LogP contribution in [0.4, 0.5) is 27.9 Å². The minimum absolute atomic E-state index is 0.0609. The molecule has 1 aliphatic carbocycles. The highest BCUT2D eigenvalue weighted by Crippen LogP contribution is 2.32. The van der Waals surface area contributed by atoms with Gasteiger partial charge in [0.1, 0.15) is 17.3 Å². The molecule has 0 saturated heterocycles. The maximum Gasteiger partial charge on any atom is 0.490 e. The van der Waals surface area contributed by atoms with E-state index >= 15 is 0 Å².